The van der Waals surface area contributed by atoms with Crippen molar-refractivity contribution in [2.24, 2.45) is 5.10 Å². The second kappa shape index (κ2) is 8.45. The normalized spacial score (nSPS) is 10.6. The quantitative estimate of drug-likeness (QED) is 0.548. The second-order valence-electron chi connectivity index (χ2n) is 5.41. The van der Waals surface area contributed by atoms with Crippen LogP contribution in [0.1, 0.15) is 21.5 Å². The van der Waals surface area contributed by atoms with Gasteiger partial charge in [-0.25, -0.2) is 5.43 Å². The van der Waals surface area contributed by atoms with Gasteiger partial charge in [0.1, 0.15) is 12.4 Å². The molecule has 3 aromatic carbocycles. The van der Waals surface area contributed by atoms with E-state index in [-0.39, 0.29) is 5.91 Å². The van der Waals surface area contributed by atoms with Gasteiger partial charge in [0.05, 0.1) is 6.21 Å². The lowest BCUT2D eigenvalue weighted by Gasteiger charge is -2.06. The van der Waals surface area contributed by atoms with E-state index < -0.39 is 0 Å². The van der Waals surface area contributed by atoms with Crippen LogP contribution in [0, 0.1) is 0 Å². The van der Waals surface area contributed by atoms with Crippen LogP contribution < -0.4 is 10.2 Å². The molecule has 0 fully saturated rings. The van der Waals surface area contributed by atoms with E-state index in [1.54, 1.807) is 18.3 Å². The molecule has 0 saturated heterocycles. The summed E-state index contributed by atoms with van der Waals surface area (Å²) >= 11 is 0. The fourth-order valence-corrected chi connectivity index (χ4v) is 2.21. The molecule has 4 nitrogen and oxygen atoms in total. The number of rotatable bonds is 6. The molecule has 3 aromatic rings. The van der Waals surface area contributed by atoms with E-state index in [0.29, 0.717) is 12.2 Å². The van der Waals surface area contributed by atoms with Gasteiger partial charge in [0, 0.05) is 5.56 Å². The number of ether oxygens (including phenoxy) is 1. The van der Waals surface area contributed by atoms with Crippen molar-refractivity contribution in [3.8, 4) is 5.75 Å². The lowest BCUT2D eigenvalue weighted by molar-refractivity contribution is 0.0955. The fourth-order valence-electron chi connectivity index (χ4n) is 2.21. The smallest absolute Gasteiger partial charge is 0.271 e. The number of hydrazone groups is 1. The molecule has 0 aliphatic carbocycles. The molecule has 0 saturated carbocycles. The third kappa shape index (κ3) is 5.04. The highest BCUT2D eigenvalue weighted by Gasteiger charge is 2.01. The highest BCUT2D eigenvalue weighted by molar-refractivity contribution is 5.94. The minimum atomic E-state index is -0.236. The summed E-state index contributed by atoms with van der Waals surface area (Å²) in [6.07, 6.45) is 1.60. The Morgan fingerprint density at radius 3 is 2.20 bits per heavy atom. The number of hydrogen-bond acceptors (Lipinski definition) is 3. The Morgan fingerprint density at radius 1 is 0.880 bits per heavy atom. The number of hydrogen-bond donors (Lipinski definition) is 1. The Labute approximate surface area is 146 Å². The molecule has 0 heterocycles. The first-order valence-electron chi connectivity index (χ1n) is 7.96. The molecule has 1 N–H and O–H groups in total. The average molecular weight is 330 g/mol. The minimum absolute atomic E-state index is 0.236. The molecule has 1 amide bonds. The van der Waals surface area contributed by atoms with Gasteiger partial charge in [-0.05, 0) is 47.5 Å². The second-order valence-corrected chi connectivity index (χ2v) is 5.41. The van der Waals surface area contributed by atoms with Crippen LogP contribution >= 0.6 is 0 Å². The zero-order valence-corrected chi connectivity index (χ0v) is 13.6. The van der Waals surface area contributed by atoms with Crippen LogP contribution in [0.3, 0.4) is 0 Å². The van der Waals surface area contributed by atoms with Crippen molar-refractivity contribution in [3.05, 3.63) is 102 Å². The van der Waals surface area contributed by atoms with E-state index in [2.05, 4.69) is 10.5 Å². The Morgan fingerprint density at radius 2 is 1.52 bits per heavy atom. The summed E-state index contributed by atoms with van der Waals surface area (Å²) in [5, 5.41) is 3.98. The molecule has 4 heteroatoms. The van der Waals surface area contributed by atoms with E-state index in [4.69, 9.17) is 4.74 Å². The number of nitrogens with zero attached hydrogens (tertiary/aromatic N) is 1. The van der Waals surface area contributed by atoms with Gasteiger partial charge in [-0.3, -0.25) is 4.79 Å². The van der Waals surface area contributed by atoms with E-state index >= 15 is 0 Å². The summed E-state index contributed by atoms with van der Waals surface area (Å²) in [5.41, 5.74) is 5.08. The first kappa shape index (κ1) is 16.5. The monoisotopic (exact) mass is 330 g/mol. The van der Waals surface area contributed by atoms with Gasteiger partial charge in [0.15, 0.2) is 0 Å². The van der Waals surface area contributed by atoms with Crippen molar-refractivity contribution in [2.45, 2.75) is 6.61 Å². The summed E-state index contributed by atoms with van der Waals surface area (Å²) < 4.78 is 5.73. The molecular weight excluding hydrogens is 312 g/mol. The first-order valence-corrected chi connectivity index (χ1v) is 7.96. The molecule has 0 aromatic heterocycles. The SMILES string of the molecule is O=C(NN=Cc1ccc(OCc2ccccc2)cc1)c1ccccc1. The van der Waals surface area contributed by atoms with Gasteiger partial charge >= 0.3 is 0 Å². The maximum atomic E-state index is 11.9. The number of carbonyl (C=O) groups is 1. The molecule has 0 bridgehead atoms. The molecule has 0 radical (unpaired) electrons. The van der Waals surface area contributed by atoms with E-state index in [9.17, 15) is 4.79 Å². The van der Waals surface area contributed by atoms with E-state index in [0.717, 1.165) is 16.9 Å². The Bertz CT molecular complexity index is 829. The maximum Gasteiger partial charge on any atom is 0.271 e. The molecular formula is C21H18N2O2. The maximum absolute atomic E-state index is 11.9. The van der Waals surface area contributed by atoms with Crippen LogP contribution in [-0.2, 0) is 6.61 Å². The van der Waals surface area contributed by atoms with Crippen molar-refractivity contribution in [1.82, 2.24) is 5.43 Å². The molecule has 0 aliphatic rings. The highest BCUT2D eigenvalue weighted by atomic mass is 16.5. The third-order valence-corrected chi connectivity index (χ3v) is 3.54. The van der Waals surface area contributed by atoms with Crippen molar-refractivity contribution >= 4 is 12.1 Å². The first-order chi connectivity index (χ1) is 12.3. The summed E-state index contributed by atoms with van der Waals surface area (Å²) in [7, 11) is 0. The molecule has 25 heavy (non-hydrogen) atoms. The lowest BCUT2D eigenvalue weighted by Crippen LogP contribution is -2.17. The minimum Gasteiger partial charge on any atom is -0.489 e. The topological polar surface area (TPSA) is 50.7 Å². The highest BCUT2D eigenvalue weighted by Crippen LogP contribution is 2.13. The predicted molar refractivity (Wildman–Crippen MR) is 98.7 cm³/mol. The predicted octanol–water partition coefficient (Wildman–Crippen LogP) is 4.03. The fraction of sp³-hybridized carbons (Fsp3) is 0.0476. The largest absolute Gasteiger partial charge is 0.489 e. The van der Waals surface area contributed by atoms with Gasteiger partial charge in [0.25, 0.3) is 5.91 Å². The van der Waals surface area contributed by atoms with E-state index in [1.165, 1.54) is 0 Å². The van der Waals surface area contributed by atoms with Gasteiger partial charge in [-0.2, -0.15) is 5.10 Å². The lowest BCUT2D eigenvalue weighted by atomic mass is 10.2. The number of carbonyl (C=O) groups excluding carboxylic acids is 1. The van der Waals surface area contributed by atoms with Crippen molar-refractivity contribution in [3.63, 3.8) is 0 Å². The van der Waals surface area contributed by atoms with E-state index in [1.807, 2.05) is 72.8 Å². The summed E-state index contributed by atoms with van der Waals surface area (Å²) in [6.45, 7) is 0.529. The van der Waals surface area contributed by atoms with Gasteiger partial charge in [-0.1, -0.05) is 48.5 Å². The van der Waals surface area contributed by atoms with Gasteiger partial charge in [0.2, 0.25) is 0 Å². The van der Waals surface area contributed by atoms with Crippen molar-refractivity contribution in [1.29, 1.82) is 0 Å². The molecule has 0 unspecified atom stereocenters. The molecule has 124 valence electrons. The third-order valence-electron chi connectivity index (χ3n) is 3.54. The number of benzene rings is 3. The molecule has 0 spiro atoms. The van der Waals surface area contributed by atoms with Crippen LogP contribution in [0.15, 0.2) is 90.0 Å². The standard InChI is InChI=1S/C21H18N2O2/c24-21(19-9-5-2-6-10-19)23-22-15-17-11-13-20(14-12-17)25-16-18-7-3-1-4-8-18/h1-15H,16H2,(H,23,24). The number of nitrogens with one attached hydrogen (secondary N) is 1. The van der Waals surface area contributed by atoms with Crippen LogP contribution in [-0.4, -0.2) is 12.1 Å². The Hall–Kier alpha value is -3.40. The molecule has 0 aliphatic heterocycles. The molecule has 0 atom stereocenters. The molecule has 3 rings (SSSR count). The Balaban J connectivity index is 1.51. The van der Waals surface area contributed by atoms with Crippen LogP contribution in [0.2, 0.25) is 0 Å². The zero-order chi connectivity index (χ0) is 17.3. The average Bonchev–Trinajstić information content (AvgIpc) is 2.69. The van der Waals surface area contributed by atoms with Crippen LogP contribution in [0.25, 0.3) is 0 Å². The zero-order valence-electron chi connectivity index (χ0n) is 13.6. The summed E-state index contributed by atoms with van der Waals surface area (Å²) in [6, 6.07) is 26.5. The van der Waals surface area contributed by atoms with Gasteiger partial charge < -0.3 is 4.74 Å². The summed E-state index contributed by atoms with van der Waals surface area (Å²) in [5.74, 6) is 0.550. The van der Waals surface area contributed by atoms with Crippen molar-refractivity contribution < 1.29 is 9.53 Å². The van der Waals surface area contributed by atoms with Gasteiger partial charge in [-0.15, -0.1) is 0 Å². The summed E-state index contributed by atoms with van der Waals surface area (Å²) in [4.78, 5) is 11.9. The van der Waals surface area contributed by atoms with Crippen LogP contribution in [0.5, 0.6) is 5.75 Å². The van der Waals surface area contributed by atoms with Crippen LogP contribution in [0.4, 0.5) is 0 Å². The number of amides is 1. The van der Waals surface area contributed by atoms with Crippen molar-refractivity contribution in [2.75, 3.05) is 0 Å². The Kier molecular flexibility index (Phi) is 5.56.